The molecule has 6 nitrogen and oxygen atoms in total. The average Bonchev–Trinajstić information content (AvgIpc) is 2.93. The fraction of sp³-hybridized carbons (Fsp3) is 0.0645. The third-order valence-electron chi connectivity index (χ3n) is 5.55. The van der Waals surface area contributed by atoms with Crippen LogP contribution in [0.25, 0.3) is 6.08 Å². The predicted molar refractivity (Wildman–Crippen MR) is 164 cm³/mol. The van der Waals surface area contributed by atoms with Gasteiger partial charge in [0.2, 0.25) is 5.91 Å². The molecule has 1 atom stereocenters. The van der Waals surface area contributed by atoms with E-state index in [1.165, 1.54) is 11.8 Å². The average molecular weight is 591 g/mol. The summed E-state index contributed by atoms with van der Waals surface area (Å²) < 4.78 is 0. The summed E-state index contributed by atoms with van der Waals surface area (Å²) in [6.45, 7) is 1.79. The van der Waals surface area contributed by atoms with E-state index in [4.69, 9.17) is 23.2 Å². The maximum absolute atomic E-state index is 13.3. The molecule has 9 heteroatoms. The van der Waals surface area contributed by atoms with Crippen LogP contribution in [0.15, 0.2) is 114 Å². The Morgan fingerprint density at radius 3 is 2.10 bits per heavy atom. The van der Waals surface area contributed by atoms with Crippen molar-refractivity contribution in [3.63, 3.8) is 0 Å². The number of carbonyl (C=O) groups excluding carboxylic acids is 3. The van der Waals surface area contributed by atoms with Crippen LogP contribution in [0.4, 0.5) is 11.4 Å². The first-order valence-electron chi connectivity index (χ1n) is 12.2. The maximum Gasteiger partial charge on any atom is 0.272 e. The topological polar surface area (TPSA) is 87.3 Å². The molecule has 4 aromatic carbocycles. The lowest BCUT2D eigenvalue weighted by Crippen LogP contribution is -2.30. The van der Waals surface area contributed by atoms with Crippen LogP contribution in [-0.4, -0.2) is 23.0 Å². The van der Waals surface area contributed by atoms with Crippen molar-refractivity contribution in [2.45, 2.75) is 17.1 Å². The Labute approximate surface area is 246 Å². The number of amides is 3. The Balaban J connectivity index is 1.48. The summed E-state index contributed by atoms with van der Waals surface area (Å²) in [5.41, 5.74) is 2.22. The molecule has 3 N–H and O–H groups in total. The van der Waals surface area contributed by atoms with Crippen molar-refractivity contribution < 1.29 is 14.4 Å². The summed E-state index contributed by atoms with van der Waals surface area (Å²) in [5.74, 6) is -1.12. The summed E-state index contributed by atoms with van der Waals surface area (Å²) in [6.07, 6.45) is 1.56. The van der Waals surface area contributed by atoms with Crippen molar-refractivity contribution in [2.24, 2.45) is 0 Å². The molecule has 0 fully saturated rings. The van der Waals surface area contributed by atoms with E-state index in [1.54, 1.807) is 110 Å². The number of nitrogens with one attached hydrogen (secondary N) is 3. The van der Waals surface area contributed by atoms with Gasteiger partial charge in [-0.3, -0.25) is 14.4 Å². The first kappa shape index (κ1) is 29.0. The zero-order valence-corrected chi connectivity index (χ0v) is 23.7. The molecule has 202 valence electrons. The highest BCUT2D eigenvalue weighted by molar-refractivity contribution is 8.00. The molecule has 0 aliphatic carbocycles. The molecule has 0 saturated carbocycles. The highest BCUT2D eigenvalue weighted by Crippen LogP contribution is 2.27. The smallest absolute Gasteiger partial charge is 0.272 e. The number of rotatable bonds is 9. The summed E-state index contributed by atoms with van der Waals surface area (Å²) in [7, 11) is 0. The van der Waals surface area contributed by atoms with E-state index in [0.717, 1.165) is 4.90 Å². The molecule has 0 spiro atoms. The first-order chi connectivity index (χ1) is 19.3. The van der Waals surface area contributed by atoms with Gasteiger partial charge in [-0.25, -0.2) is 0 Å². The van der Waals surface area contributed by atoms with Crippen molar-refractivity contribution in [3.8, 4) is 0 Å². The monoisotopic (exact) mass is 589 g/mol. The van der Waals surface area contributed by atoms with Crippen molar-refractivity contribution in [2.75, 3.05) is 10.6 Å². The minimum absolute atomic E-state index is 0.0449. The summed E-state index contributed by atoms with van der Waals surface area (Å²) >= 11 is 13.5. The SMILES string of the molecule is CC(Sc1cccc(NC(=O)/C(=C/c2cccc(Cl)c2)NC(=O)c2ccccc2)c1)C(=O)Nc1cccc(Cl)c1. The molecule has 3 amide bonds. The van der Waals surface area contributed by atoms with Gasteiger partial charge in [0.15, 0.2) is 0 Å². The van der Waals surface area contributed by atoms with Crippen LogP contribution in [-0.2, 0) is 9.59 Å². The molecule has 0 radical (unpaired) electrons. The van der Waals surface area contributed by atoms with E-state index in [9.17, 15) is 14.4 Å². The van der Waals surface area contributed by atoms with E-state index in [0.29, 0.717) is 32.5 Å². The predicted octanol–water partition coefficient (Wildman–Crippen LogP) is 7.52. The molecular formula is C31H25Cl2N3O3S. The normalized spacial score (nSPS) is 11.8. The van der Waals surface area contributed by atoms with Gasteiger partial charge in [0.1, 0.15) is 5.70 Å². The lowest BCUT2D eigenvalue weighted by atomic mass is 10.1. The van der Waals surface area contributed by atoms with Gasteiger partial charge in [-0.15, -0.1) is 11.8 Å². The van der Waals surface area contributed by atoms with E-state index in [1.807, 2.05) is 6.07 Å². The highest BCUT2D eigenvalue weighted by Gasteiger charge is 2.17. The van der Waals surface area contributed by atoms with Gasteiger partial charge in [-0.1, -0.05) is 65.7 Å². The van der Waals surface area contributed by atoms with Gasteiger partial charge < -0.3 is 16.0 Å². The second-order valence-corrected chi connectivity index (χ2v) is 11.0. The van der Waals surface area contributed by atoms with E-state index >= 15 is 0 Å². The zero-order valence-electron chi connectivity index (χ0n) is 21.4. The van der Waals surface area contributed by atoms with E-state index in [2.05, 4.69) is 16.0 Å². The summed E-state index contributed by atoms with van der Waals surface area (Å²) in [5, 5.41) is 9.01. The van der Waals surface area contributed by atoms with Gasteiger partial charge in [-0.2, -0.15) is 0 Å². The standard InChI is InChI=1S/C31H25Cl2N3O3S/c1-20(29(37)34-25-13-6-12-24(33)18-25)40-27-15-7-14-26(19-27)35-31(39)28(17-21-8-5-11-23(32)16-21)36-30(38)22-9-3-2-4-10-22/h2-20H,1H3,(H,34,37)(H,35,39)(H,36,38)/b28-17-. The molecule has 0 bridgehead atoms. The minimum Gasteiger partial charge on any atom is -0.325 e. The second-order valence-electron chi connectivity index (χ2n) is 8.67. The van der Waals surface area contributed by atoms with E-state index < -0.39 is 17.1 Å². The van der Waals surface area contributed by atoms with Crippen LogP contribution in [0, 0.1) is 0 Å². The number of anilines is 2. The Hall–Kier alpha value is -4.04. The third-order valence-corrected chi connectivity index (χ3v) is 7.12. The molecule has 0 aromatic heterocycles. The van der Waals surface area contributed by atoms with Gasteiger partial charge in [0.25, 0.3) is 11.8 Å². The fourth-order valence-corrected chi connectivity index (χ4v) is 4.93. The zero-order chi connectivity index (χ0) is 28.5. The van der Waals surface area contributed by atoms with Crippen molar-refractivity contribution in [1.82, 2.24) is 5.32 Å². The number of benzene rings is 4. The van der Waals surface area contributed by atoms with Crippen molar-refractivity contribution >= 4 is 70.1 Å². The van der Waals surface area contributed by atoms with Gasteiger partial charge >= 0.3 is 0 Å². The first-order valence-corrected chi connectivity index (χ1v) is 13.9. The van der Waals surface area contributed by atoms with Crippen LogP contribution in [0.5, 0.6) is 0 Å². The molecule has 0 aliphatic heterocycles. The van der Waals surface area contributed by atoms with Crippen LogP contribution < -0.4 is 16.0 Å². The fourth-order valence-electron chi connectivity index (χ4n) is 3.62. The maximum atomic E-state index is 13.3. The minimum atomic E-state index is -0.516. The third kappa shape index (κ3) is 8.48. The highest BCUT2D eigenvalue weighted by atomic mass is 35.5. The Kier molecular flexibility index (Phi) is 10.0. The molecule has 4 rings (SSSR count). The van der Waals surface area contributed by atoms with Crippen LogP contribution in [0.2, 0.25) is 10.0 Å². The van der Waals surface area contributed by atoms with Crippen LogP contribution >= 0.6 is 35.0 Å². The molecule has 4 aromatic rings. The molecule has 0 saturated heterocycles. The molecule has 1 unspecified atom stereocenters. The number of carbonyl (C=O) groups is 3. The molecule has 0 aliphatic rings. The van der Waals surface area contributed by atoms with Gasteiger partial charge in [0.05, 0.1) is 5.25 Å². The van der Waals surface area contributed by atoms with Gasteiger partial charge in [0, 0.05) is 31.9 Å². The summed E-state index contributed by atoms with van der Waals surface area (Å²) in [6, 6.07) is 29.6. The lowest BCUT2D eigenvalue weighted by Gasteiger charge is -2.14. The Morgan fingerprint density at radius 1 is 0.750 bits per heavy atom. The van der Waals surface area contributed by atoms with Gasteiger partial charge in [-0.05, 0) is 79.2 Å². The Bertz CT molecular complexity index is 1560. The number of halogens is 2. The van der Waals surface area contributed by atoms with Crippen LogP contribution in [0.3, 0.4) is 0 Å². The molecule has 40 heavy (non-hydrogen) atoms. The number of thioether (sulfide) groups is 1. The number of hydrogen-bond acceptors (Lipinski definition) is 4. The molecule has 0 heterocycles. The van der Waals surface area contributed by atoms with Crippen molar-refractivity contribution in [1.29, 1.82) is 0 Å². The van der Waals surface area contributed by atoms with Crippen molar-refractivity contribution in [3.05, 3.63) is 130 Å². The largest absolute Gasteiger partial charge is 0.325 e. The quantitative estimate of drug-likeness (QED) is 0.139. The summed E-state index contributed by atoms with van der Waals surface area (Å²) in [4.78, 5) is 39.7. The van der Waals surface area contributed by atoms with E-state index in [-0.39, 0.29) is 11.6 Å². The lowest BCUT2D eigenvalue weighted by molar-refractivity contribution is -0.115. The molecular weight excluding hydrogens is 565 g/mol. The Morgan fingerprint density at radius 2 is 1.40 bits per heavy atom. The second kappa shape index (κ2) is 13.8. The van der Waals surface area contributed by atoms with Crippen LogP contribution in [0.1, 0.15) is 22.8 Å². The number of hydrogen-bond donors (Lipinski definition) is 3.